The maximum atomic E-state index is 14.3. The van der Waals surface area contributed by atoms with Crippen molar-refractivity contribution in [1.29, 1.82) is 0 Å². The minimum absolute atomic E-state index is 0.148. The number of amides is 2. The number of aromatic nitrogens is 1. The van der Waals surface area contributed by atoms with Gasteiger partial charge in [0, 0.05) is 41.3 Å². The molecule has 5 rings (SSSR count). The maximum absolute atomic E-state index is 14.3. The van der Waals surface area contributed by atoms with E-state index in [1.165, 1.54) is 6.07 Å². The van der Waals surface area contributed by atoms with Crippen molar-refractivity contribution in [2.45, 2.75) is 19.5 Å². The molecular weight excluding hydrogens is 440 g/mol. The molecule has 0 saturated heterocycles. The van der Waals surface area contributed by atoms with Crippen molar-refractivity contribution in [2.75, 3.05) is 6.54 Å². The summed E-state index contributed by atoms with van der Waals surface area (Å²) in [5.74, 6) is -2.65. The Balaban J connectivity index is 1.50. The minimum Gasteiger partial charge on any atom is -0.338 e. The van der Waals surface area contributed by atoms with Gasteiger partial charge in [-0.25, -0.2) is 14.3 Å². The largest absolute Gasteiger partial charge is 0.338 e. The second-order valence-corrected chi connectivity index (χ2v) is 8.27. The Morgan fingerprint density at radius 3 is 2.50 bits per heavy atom. The highest BCUT2D eigenvalue weighted by Gasteiger charge is 2.28. The average Bonchev–Trinajstić information content (AvgIpc) is 3.16. The zero-order chi connectivity index (χ0) is 23.8. The predicted molar refractivity (Wildman–Crippen MR) is 122 cm³/mol. The van der Waals surface area contributed by atoms with Gasteiger partial charge in [-0.3, -0.25) is 14.8 Å². The van der Waals surface area contributed by atoms with Crippen molar-refractivity contribution in [2.24, 2.45) is 0 Å². The van der Waals surface area contributed by atoms with Gasteiger partial charge >= 0.3 is 0 Å². The standard InChI is InChI=1S/C26H21F2N3O3/c27-18-9-10-21(22(28)13-18)26(33)30-12-11-20-19-3-1-2-4-23(19)31(24(20)15-30)14-16-5-7-17(8-6-16)25(32)29-34/h1-10,13,34H,11-12,14-15H2,(H,29,32). The van der Waals surface area contributed by atoms with Crippen LogP contribution < -0.4 is 5.48 Å². The molecule has 172 valence electrons. The van der Waals surface area contributed by atoms with Crippen LogP contribution in [0, 0.1) is 11.6 Å². The Labute approximate surface area is 194 Å². The molecule has 34 heavy (non-hydrogen) atoms. The summed E-state index contributed by atoms with van der Waals surface area (Å²) in [6.45, 7) is 1.23. The number of fused-ring (bicyclic) bond motifs is 3. The molecule has 0 radical (unpaired) electrons. The lowest BCUT2D eigenvalue weighted by molar-refractivity contribution is 0.0705. The molecule has 0 atom stereocenters. The molecule has 0 unspecified atom stereocenters. The molecule has 0 aliphatic carbocycles. The molecule has 2 amide bonds. The van der Waals surface area contributed by atoms with Gasteiger partial charge in [0.25, 0.3) is 11.8 Å². The van der Waals surface area contributed by atoms with E-state index >= 15 is 0 Å². The molecule has 3 aromatic carbocycles. The van der Waals surface area contributed by atoms with E-state index in [9.17, 15) is 18.4 Å². The minimum atomic E-state index is -0.872. The highest BCUT2D eigenvalue weighted by Crippen LogP contribution is 2.32. The maximum Gasteiger partial charge on any atom is 0.274 e. The number of para-hydroxylation sites is 1. The van der Waals surface area contributed by atoms with E-state index < -0.39 is 23.4 Å². The van der Waals surface area contributed by atoms with E-state index in [1.54, 1.807) is 22.5 Å². The second-order valence-electron chi connectivity index (χ2n) is 8.27. The number of rotatable bonds is 4. The normalized spacial score (nSPS) is 13.1. The number of halogens is 2. The summed E-state index contributed by atoms with van der Waals surface area (Å²) in [5, 5.41) is 9.93. The first-order valence-corrected chi connectivity index (χ1v) is 10.8. The van der Waals surface area contributed by atoms with Gasteiger partial charge < -0.3 is 9.47 Å². The number of benzene rings is 3. The van der Waals surface area contributed by atoms with Crippen LogP contribution in [-0.2, 0) is 19.5 Å². The Morgan fingerprint density at radius 1 is 1.00 bits per heavy atom. The van der Waals surface area contributed by atoms with Crippen molar-refractivity contribution in [3.05, 3.63) is 106 Å². The fourth-order valence-corrected chi connectivity index (χ4v) is 4.59. The third kappa shape index (κ3) is 3.82. The van der Waals surface area contributed by atoms with Crippen molar-refractivity contribution >= 4 is 22.7 Å². The van der Waals surface area contributed by atoms with Crippen LogP contribution in [0.5, 0.6) is 0 Å². The summed E-state index contributed by atoms with van der Waals surface area (Å²) in [6, 6.07) is 17.9. The zero-order valence-corrected chi connectivity index (χ0v) is 18.1. The number of carbonyl (C=O) groups excluding carboxylic acids is 2. The summed E-state index contributed by atoms with van der Waals surface area (Å²) in [5.41, 5.74) is 5.87. The molecule has 1 aromatic heterocycles. The molecule has 8 heteroatoms. The highest BCUT2D eigenvalue weighted by molar-refractivity contribution is 5.95. The Bertz CT molecular complexity index is 1410. The first-order valence-electron chi connectivity index (χ1n) is 10.8. The molecule has 2 N–H and O–H groups in total. The fourth-order valence-electron chi connectivity index (χ4n) is 4.59. The SMILES string of the molecule is O=C(NO)c1ccc(Cn2c3c(c4ccccc42)CCN(C(=O)c2ccc(F)cc2F)C3)cc1. The first kappa shape index (κ1) is 21.8. The van der Waals surface area contributed by atoms with Crippen LogP contribution in [0.15, 0.2) is 66.7 Å². The predicted octanol–water partition coefficient (Wildman–Crippen LogP) is 4.29. The van der Waals surface area contributed by atoms with Gasteiger partial charge in [0.2, 0.25) is 0 Å². The van der Waals surface area contributed by atoms with Gasteiger partial charge in [0.05, 0.1) is 12.1 Å². The molecule has 1 aliphatic rings. The van der Waals surface area contributed by atoms with Crippen LogP contribution in [0.25, 0.3) is 10.9 Å². The van der Waals surface area contributed by atoms with E-state index in [0.717, 1.165) is 39.9 Å². The molecule has 6 nitrogen and oxygen atoms in total. The van der Waals surface area contributed by atoms with E-state index in [1.807, 2.05) is 30.3 Å². The zero-order valence-electron chi connectivity index (χ0n) is 18.1. The lowest BCUT2D eigenvalue weighted by Gasteiger charge is -2.29. The average molecular weight is 461 g/mol. The van der Waals surface area contributed by atoms with Crippen LogP contribution in [0.1, 0.15) is 37.5 Å². The third-order valence-electron chi connectivity index (χ3n) is 6.27. The first-order chi connectivity index (χ1) is 16.5. The topological polar surface area (TPSA) is 74.6 Å². The number of carbonyl (C=O) groups is 2. The number of nitrogens with one attached hydrogen (secondary N) is 1. The van der Waals surface area contributed by atoms with Gasteiger partial charge in [0.1, 0.15) is 11.6 Å². The number of nitrogens with zero attached hydrogens (tertiary/aromatic N) is 2. The van der Waals surface area contributed by atoms with Crippen LogP contribution >= 0.6 is 0 Å². The monoisotopic (exact) mass is 461 g/mol. The van der Waals surface area contributed by atoms with Crippen molar-refractivity contribution in [3.63, 3.8) is 0 Å². The summed E-state index contributed by atoms with van der Waals surface area (Å²) < 4.78 is 29.7. The molecule has 1 aliphatic heterocycles. The second kappa shape index (κ2) is 8.72. The molecule has 0 fully saturated rings. The lowest BCUT2D eigenvalue weighted by Crippen LogP contribution is -2.37. The van der Waals surface area contributed by atoms with Gasteiger partial charge in [0.15, 0.2) is 0 Å². The third-order valence-corrected chi connectivity index (χ3v) is 6.27. The van der Waals surface area contributed by atoms with Crippen molar-refractivity contribution < 1.29 is 23.6 Å². The molecule has 2 heterocycles. The lowest BCUT2D eigenvalue weighted by atomic mass is 10.0. The molecule has 0 spiro atoms. The summed E-state index contributed by atoms with van der Waals surface area (Å²) in [4.78, 5) is 26.3. The van der Waals surface area contributed by atoms with E-state index in [4.69, 9.17) is 5.21 Å². The van der Waals surface area contributed by atoms with Crippen LogP contribution in [0.2, 0.25) is 0 Å². The Kier molecular flexibility index (Phi) is 5.59. The number of hydroxylamine groups is 1. The summed E-state index contributed by atoms with van der Waals surface area (Å²) in [7, 11) is 0. The molecular formula is C26H21F2N3O3. The number of hydrogen-bond acceptors (Lipinski definition) is 3. The van der Waals surface area contributed by atoms with Gasteiger partial charge in [-0.15, -0.1) is 0 Å². The van der Waals surface area contributed by atoms with Crippen LogP contribution in [0.3, 0.4) is 0 Å². The van der Waals surface area contributed by atoms with Crippen LogP contribution in [0.4, 0.5) is 8.78 Å². The van der Waals surface area contributed by atoms with Crippen LogP contribution in [-0.4, -0.2) is 33.0 Å². The fraction of sp³-hybridized carbons (Fsp3) is 0.154. The molecule has 0 saturated carbocycles. The Morgan fingerprint density at radius 2 is 1.76 bits per heavy atom. The van der Waals surface area contributed by atoms with Gasteiger partial charge in [-0.2, -0.15) is 0 Å². The van der Waals surface area contributed by atoms with Crippen molar-refractivity contribution in [1.82, 2.24) is 14.9 Å². The van der Waals surface area contributed by atoms with Gasteiger partial charge in [-0.1, -0.05) is 30.3 Å². The molecule has 0 bridgehead atoms. The quantitative estimate of drug-likeness (QED) is 0.352. The number of hydrogen-bond donors (Lipinski definition) is 2. The van der Waals surface area contributed by atoms with E-state index in [0.29, 0.717) is 31.6 Å². The van der Waals surface area contributed by atoms with E-state index in [-0.39, 0.29) is 5.56 Å². The summed E-state index contributed by atoms with van der Waals surface area (Å²) in [6.07, 6.45) is 0.618. The van der Waals surface area contributed by atoms with E-state index in [2.05, 4.69) is 10.6 Å². The smallest absolute Gasteiger partial charge is 0.274 e. The highest BCUT2D eigenvalue weighted by atomic mass is 19.1. The van der Waals surface area contributed by atoms with Gasteiger partial charge in [-0.05, 0) is 47.9 Å². The van der Waals surface area contributed by atoms with Crippen molar-refractivity contribution in [3.8, 4) is 0 Å². The summed E-state index contributed by atoms with van der Waals surface area (Å²) >= 11 is 0. The Hall–Kier alpha value is -4.04. The molecule has 4 aromatic rings.